The molecular weight excluding hydrogens is 444 g/mol. The first kappa shape index (κ1) is 23.9. The largest absolute Gasteiger partial charge is 0.469 e. The Morgan fingerprint density at radius 3 is 2.83 bits per heavy atom. The molecule has 35 heavy (non-hydrogen) atoms. The summed E-state index contributed by atoms with van der Waals surface area (Å²) in [6.45, 7) is 8.53. The van der Waals surface area contributed by atoms with Crippen LogP contribution >= 0.6 is 0 Å². The number of hydrogen-bond donors (Lipinski definition) is 1. The summed E-state index contributed by atoms with van der Waals surface area (Å²) >= 11 is 0. The number of ether oxygens (including phenoxy) is 1. The fourth-order valence-electron chi connectivity index (χ4n) is 6.19. The summed E-state index contributed by atoms with van der Waals surface area (Å²) in [5.41, 5.74) is 0.417. The SMILES string of the molecule is COC(=O)C1C=N[C@@]23C(=CCCC2C1C)N=C(CCn1ccccc1=O)N3CCN1CCNCC1. The monoisotopic (exact) mass is 480 g/mol. The molecule has 0 saturated carbocycles. The summed E-state index contributed by atoms with van der Waals surface area (Å²) < 4.78 is 6.83. The third kappa shape index (κ3) is 4.36. The number of carbonyl (C=O) groups is 1. The normalized spacial score (nSPS) is 30.3. The molecule has 1 aromatic heterocycles. The Labute approximate surface area is 206 Å². The highest BCUT2D eigenvalue weighted by molar-refractivity contribution is 5.93. The van der Waals surface area contributed by atoms with E-state index in [1.165, 1.54) is 7.11 Å². The van der Waals surface area contributed by atoms with Crippen molar-refractivity contribution in [3.05, 3.63) is 46.5 Å². The molecule has 9 heteroatoms. The van der Waals surface area contributed by atoms with Crippen molar-refractivity contribution < 1.29 is 9.53 Å². The predicted octanol–water partition coefficient (Wildman–Crippen LogP) is 1.36. The first-order valence-electron chi connectivity index (χ1n) is 12.8. The van der Waals surface area contributed by atoms with E-state index in [4.69, 9.17) is 14.7 Å². The van der Waals surface area contributed by atoms with E-state index in [1.54, 1.807) is 16.7 Å². The molecular formula is C26H36N6O3. The van der Waals surface area contributed by atoms with E-state index >= 15 is 0 Å². The second-order valence-electron chi connectivity index (χ2n) is 9.94. The lowest BCUT2D eigenvalue weighted by molar-refractivity contribution is -0.145. The molecule has 1 aromatic rings. The van der Waals surface area contributed by atoms with Crippen LogP contribution in [0.3, 0.4) is 0 Å². The Kier molecular flexibility index (Phi) is 6.88. The van der Waals surface area contributed by atoms with E-state index in [-0.39, 0.29) is 29.3 Å². The molecule has 1 fully saturated rings. The topological polar surface area (TPSA) is 91.5 Å². The number of pyridine rings is 1. The van der Waals surface area contributed by atoms with Gasteiger partial charge in [0.15, 0.2) is 5.66 Å². The quantitative estimate of drug-likeness (QED) is 0.593. The minimum atomic E-state index is -0.576. The Morgan fingerprint density at radius 1 is 1.23 bits per heavy atom. The minimum Gasteiger partial charge on any atom is -0.469 e. The molecule has 188 valence electrons. The zero-order valence-electron chi connectivity index (χ0n) is 20.7. The Morgan fingerprint density at radius 2 is 2.06 bits per heavy atom. The fourth-order valence-corrected chi connectivity index (χ4v) is 6.19. The number of piperazine rings is 1. The van der Waals surface area contributed by atoms with Crippen LogP contribution in [0.15, 0.2) is 50.9 Å². The number of rotatable bonds is 7. The summed E-state index contributed by atoms with van der Waals surface area (Å²) in [4.78, 5) is 39.9. The third-order valence-corrected chi connectivity index (χ3v) is 8.11. The molecule has 1 saturated heterocycles. The first-order valence-corrected chi connectivity index (χ1v) is 12.8. The highest BCUT2D eigenvalue weighted by Crippen LogP contribution is 2.52. The number of aryl methyl sites for hydroxylation is 1. The van der Waals surface area contributed by atoms with Gasteiger partial charge in [0.1, 0.15) is 5.84 Å². The van der Waals surface area contributed by atoms with Crippen molar-refractivity contribution in [2.24, 2.45) is 27.7 Å². The molecule has 3 aliphatic heterocycles. The second kappa shape index (κ2) is 10.1. The Balaban J connectivity index is 1.46. The predicted molar refractivity (Wildman–Crippen MR) is 135 cm³/mol. The van der Waals surface area contributed by atoms with Crippen LogP contribution in [-0.2, 0) is 16.1 Å². The molecule has 0 amide bonds. The molecule has 1 aliphatic carbocycles. The van der Waals surface area contributed by atoms with E-state index in [0.717, 1.165) is 63.6 Å². The van der Waals surface area contributed by atoms with Crippen molar-refractivity contribution in [1.29, 1.82) is 0 Å². The lowest BCUT2D eigenvalue weighted by Gasteiger charge is -2.50. The number of allylic oxidation sites excluding steroid dienone is 1. The van der Waals surface area contributed by atoms with Gasteiger partial charge < -0.3 is 19.5 Å². The van der Waals surface area contributed by atoms with Crippen LogP contribution in [-0.4, -0.2) is 84.4 Å². The molecule has 1 N–H and O–H groups in total. The average molecular weight is 481 g/mol. The molecule has 1 spiro atoms. The maximum absolute atomic E-state index is 12.5. The van der Waals surface area contributed by atoms with Gasteiger partial charge in [0.2, 0.25) is 0 Å². The van der Waals surface area contributed by atoms with E-state index in [2.05, 4.69) is 28.1 Å². The van der Waals surface area contributed by atoms with Gasteiger partial charge in [-0.3, -0.25) is 19.5 Å². The number of esters is 1. The number of aromatic nitrogens is 1. The van der Waals surface area contributed by atoms with Crippen molar-refractivity contribution in [2.75, 3.05) is 46.4 Å². The van der Waals surface area contributed by atoms with Crippen LogP contribution in [0, 0.1) is 17.8 Å². The summed E-state index contributed by atoms with van der Waals surface area (Å²) in [5.74, 6) is 0.686. The van der Waals surface area contributed by atoms with E-state index in [1.807, 2.05) is 18.5 Å². The number of amidine groups is 1. The molecule has 5 rings (SSSR count). The first-order chi connectivity index (χ1) is 17.0. The van der Waals surface area contributed by atoms with E-state index < -0.39 is 5.66 Å². The molecule has 4 aliphatic rings. The highest BCUT2D eigenvalue weighted by atomic mass is 16.5. The van der Waals surface area contributed by atoms with Crippen molar-refractivity contribution >= 4 is 18.0 Å². The van der Waals surface area contributed by atoms with Gasteiger partial charge in [0.05, 0.1) is 18.7 Å². The third-order valence-electron chi connectivity index (χ3n) is 8.11. The maximum atomic E-state index is 12.5. The summed E-state index contributed by atoms with van der Waals surface area (Å²) in [5, 5.41) is 3.42. The van der Waals surface area contributed by atoms with Crippen molar-refractivity contribution in [3.8, 4) is 0 Å². The van der Waals surface area contributed by atoms with E-state index in [9.17, 15) is 9.59 Å². The molecule has 4 atom stereocenters. The number of hydrogen-bond acceptors (Lipinski definition) is 8. The zero-order chi connectivity index (χ0) is 24.4. The summed E-state index contributed by atoms with van der Waals surface area (Å²) in [6.07, 6.45) is 8.40. The number of methoxy groups -OCH3 is 1. The van der Waals surface area contributed by atoms with Gasteiger partial charge in [-0.1, -0.05) is 19.1 Å². The lowest BCUT2D eigenvalue weighted by Crippen LogP contribution is -2.60. The van der Waals surface area contributed by atoms with Gasteiger partial charge in [-0.15, -0.1) is 0 Å². The highest BCUT2D eigenvalue weighted by Gasteiger charge is 2.58. The standard InChI is InChI=1S/C26H36N6O3/c1-19-20(25(34)35-2)18-28-26-21(19)6-5-7-22(26)29-23(9-13-31-12-4-3-8-24(31)33)32(26)17-16-30-14-10-27-11-15-30/h3-4,7-8,12,18-21,27H,5-6,9-11,13-17H2,1-2H3/t19?,20?,21?,26-/m0/s1. The van der Waals surface area contributed by atoms with Crippen LogP contribution in [0.5, 0.6) is 0 Å². The van der Waals surface area contributed by atoms with Crippen LogP contribution in [0.25, 0.3) is 0 Å². The minimum absolute atomic E-state index is 0.00337. The smallest absolute Gasteiger partial charge is 0.314 e. The van der Waals surface area contributed by atoms with Gasteiger partial charge in [-0.25, -0.2) is 4.99 Å². The zero-order valence-corrected chi connectivity index (χ0v) is 20.7. The number of carbonyl (C=O) groups excluding carboxylic acids is 1. The van der Waals surface area contributed by atoms with Crippen LogP contribution in [0.2, 0.25) is 0 Å². The van der Waals surface area contributed by atoms with Crippen molar-refractivity contribution in [1.82, 2.24) is 19.7 Å². The molecule has 9 nitrogen and oxygen atoms in total. The molecule has 0 radical (unpaired) electrons. The number of nitrogens with one attached hydrogen (secondary N) is 1. The Bertz CT molecular complexity index is 1090. The second-order valence-corrected chi connectivity index (χ2v) is 9.94. The van der Waals surface area contributed by atoms with Crippen molar-refractivity contribution in [3.63, 3.8) is 0 Å². The summed E-state index contributed by atoms with van der Waals surface area (Å²) in [7, 11) is 1.45. The molecule has 0 bridgehead atoms. The van der Waals surface area contributed by atoms with Crippen LogP contribution in [0.1, 0.15) is 26.2 Å². The van der Waals surface area contributed by atoms with E-state index in [0.29, 0.717) is 13.0 Å². The molecule has 3 unspecified atom stereocenters. The lowest BCUT2D eigenvalue weighted by atomic mass is 9.68. The Hall–Kier alpha value is -2.78. The van der Waals surface area contributed by atoms with Gasteiger partial charge in [0.25, 0.3) is 5.56 Å². The van der Waals surface area contributed by atoms with Crippen LogP contribution < -0.4 is 10.9 Å². The number of nitrogens with zero attached hydrogens (tertiary/aromatic N) is 5. The number of aliphatic imine (C=N–C) groups is 2. The van der Waals surface area contributed by atoms with Crippen LogP contribution in [0.4, 0.5) is 0 Å². The maximum Gasteiger partial charge on any atom is 0.314 e. The molecule has 0 aromatic carbocycles. The van der Waals surface area contributed by atoms with Gasteiger partial charge in [-0.05, 0) is 24.8 Å². The van der Waals surface area contributed by atoms with Gasteiger partial charge in [0, 0.05) is 76.6 Å². The average Bonchev–Trinajstić information content (AvgIpc) is 3.19. The van der Waals surface area contributed by atoms with Gasteiger partial charge in [-0.2, -0.15) is 0 Å². The van der Waals surface area contributed by atoms with Crippen molar-refractivity contribution in [2.45, 2.75) is 38.4 Å². The fraction of sp³-hybridized carbons (Fsp3) is 0.615. The van der Waals surface area contributed by atoms with Gasteiger partial charge >= 0.3 is 5.97 Å². The summed E-state index contributed by atoms with van der Waals surface area (Å²) in [6, 6.07) is 5.25. The molecule has 4 heterocycles.